The molecule has 3 N–H and O–H groups in total. The number of hydrogen-bond donors (Lipinski definition) is 3. The second kappa shape index (κ2) is 3.80. The molecule has 4 nitrogen and oxygen atoms in total. The zero-order valence-corrected chi connectivity index (χ0v) is 5.66. The maximum absolute atomic E-state index is 10.1. The van der Waals surface area contributed by atoms with E-state index >= 15 is 0 Å². The summed E-state index contributed by atoms with van der Waals surface area (Å²) in [6, 6.07) is 0. The van der Waals surface area contributed by atoms with Crippen LogP contribution in [0.4, 0.5) is 0 Å². The Morgan fingerprint density at radius 2 is 1.89 bits per heavy atom. The maximum atomic E-state index is 10.1. The number of rotatable bonds is 3. The fourth-order valence-electron chi connectivity index (χ4n) is 0.286. The second-order valence-corrected chi connectivity index (χ2v) is 3.20. The van der Waals surface area contributed by atoms with Crippen LogP contribution in [-0.4, -0.2) is 27.7 Å². The number of hydrogen-bond acceptors (Lipinski definition) is 2. The van der Waals surface area contributed by atoms with Crippen LogP contribution in [0, 0.1) is 0 Å². The van der Waals surface area contributed by atoms with Gasteiger partial charge in [0.1, 0.15) is 0 Å². The Bertz CT molecular complexity index is 136. The summed E-state index contributed by atoms with van der Waals surface area (Å²) in [5, 5.41) is 8.12. The highest BCUT2D eigenvalue weighted by atomic mass is 31.2. The molecule has 0 saturated heterocycles. The molecular weight excluding hydrogens is 143 g/mol. The van der Waals surface area contributed by atoms with Crippen LogP contribution in [-0.2, 0) is 4.57 Å². The van der Waals surface area contributed by atoms with E-state index in [0.717, 1.165) is 0 Å². The normalized spacial score (nSPS) is 12.8. The van der Waals surface area contributed by atoms with E-state index < -0.39 is 7.60 Å². The molecule has 0 bridgehead atoms. The van der Waals surface area contributed by atoms with Crippen LogP contribution in [0.3, 0.4) is 0 Å². The molecule has 0 amide bonds. The topological polar surface area (TPSA) is 77.8 Å². The van der Waals surface area contributed by atoms with Crippen LogP contribution in [0.15, 0.2) is 12.2 Å². The summed E-state index contributed by atoms with van der Waals surface area (Å²) in [6.45, 7) is -0.181. The average Bonchev–Trinajstić information content (AvgIpc) is 1.63. The van der Waals surface area contributed by atoms with Gasteiger partial charge in [-0.2, -0.15) is 0 Å². The van der Waals surface area contributed by atoms with Gasteiger partial charge in [-0.05, 0) is 0 Å². The molecule has 0 heterocycles. The van der Waals surface area contributed by atoms with Gasteiger partial charge in [-0.15, -0.1) is 0 Å². The smallest absolute Gasteiger partial charge is 0.329 e. The molecule has 9 heavy (non-hydrogen) atoms. The molecule has 0 radical (unpaired) electrons. The minimum absolute atomic E-state index is 0.181. The second-order valence-electron chi connectivity index (χ2n) is 1.50. The van der Waals surface area contributed by atoms with Gasteiger partial charge in [0.15, 0.2) is 0 Å². The number of aliphatic hydroxyl groups is 1. The Balaban J connectivity index is 3.51. The Morgan fingerprint density at radius 1 is 1.33 bits per heavy atom. The van der Waals surface area contributed by atoms with Crippen molar-refractivity contribution in [3.63, 3.8) is 0 Å². The molecule has 0 atom stereocenters. The molecular formula is C4H9O4P. The Hall–Kier alpha value is -0.150. The molecule has 0 aromatic rings. The van der Waals surface area contributed by atoms with Crippen molar-refractivity contribution in [1.82, 2.24) is 0 Å². The van der Waals surface area contributed by atoms with Crippen molar-refractivity contribution in [3.05, 3.63) is 12.2 Å². The lowest BCUT2D eigenvalue weighted by Crippen LogP contribution is -1.82. The summed E-state index contributed by atoms with van der Waals surface area (Å²) >= 11 is 0. The lowest BCUT2D eigenvalue weighted by molar-refractivity contribution is 0.342. The molecule has 0 unspecified atom stereocenters. The van der Waals surface area contributed by atoms with Crippen molar-refractivity contribution in [2.75, 3.05) is 12.8 Å². The first-order valence-electron chi connectivity index (χ1n) is 2.36. The predicted octanol–water partition coefficient (Wildman–Crippen LogP) is -0.287. The lowest BCUT2D eigenvalue weighted by atomic mass is 10.6. The van der Waals surface area contributed by atoms with Crippen LogP contribution in [0.25, 0.3) is 0 Å². The van der Waals surface area contributed by atoms with Crippen molar-refractivity contribution in [3.8, 4) is 0 Å². The van der Waals surface area contributed by atoms with Gasteiger partial charge in [-0.1, -0.05) is 12.2 Å². The highest BCUT2D eigenvalue weighted by Gasteiger charge is 2.07. The van der Waals surface area contributed by atoms with Gasteiger partial charge >= 0.3 is 7.60 Å². The molecule has 0 aliphatic carbocycles. The molecule has 0 aliphatic rings. The first-order valence-corrected chi connectivity index (χ1v) is 4.16. The SMILES string of the molecule is O=P(O)(O)C/C=C/CO. The van der Waals surface area contributed by atoms with Crippen LogP contribution >= 0.6 is 7.60 Å². The molecule has 5 heteroatoms. The maximum Gasteiger partial charge on any atom is 0.329 e. The summed E-state index contributed by atoms with van der Waals surface area (Å²) in [4.78, 5) is 16.4. The summed E-state index contributed by atoms with van der Waals surface area (Å²) in [6.07, 6.45) is 2.24. The number of allylic oxidation sites excluding steroid dienone is 1. The van der Waals surface area contributed by atoms with Gasteiger partial charge in [0.2, 0.25) is 0 Å². The minimum Gasteiger partial charge on any atom is -0.392 e. The van der Waals surface area contributed by atoms with Gasteiger partial charge in [0, 0.05) is 0 Å². The van der Waals surface area contributed by atoms with E-state index in [4.69, 9.17) is 14.9 Å². The first kappa shape index (κ1) is 8.85. The van der Waals surface area contributed by atoms with Crippen molar-refractivity contribution in [1.29, 1.82) is 0 Å². The fourth-order valence-corrected chi connectivity index (χ4v) is 0.710. The van der Waals surface area contributed by atoms with Crippen molar-refractivity contribution >= 4 is 7.60 Å². The van der Waals surface area contributed by atoms with E-state index in [1.165, 1.54) is 12.2 Å². The first-order chi connectivity index (χ1) is 4.06. The molecule has 0 saturated carbocycles. The Labute approximate surface area is 53.0 Å². The van der Waals surface area contributed by atoms with E-state index in [1.54, 1.807) is 0 Å². The quantitative estimate of drug-likeness (QED) is 0.383. The Kier molecular flexibility index (Phi) is 3.73. The molecule has 0 rings (SSSR count). The predicted molar refractivity (Wildman–Crippen MR) is 33.1 cm³/mol. The summed E-state index contributed by atoms with van der Waals surface area (Å²) in [5.74, 6) is 0. The average molecular weight is 152 g/mol. The van der Waals surface area contributed by atoms with Crippen molar-refractivity contribution < 1.29 is 19.5 Å². The van der Waals surface area contributed by atoms with Gasteiger partial charge in [0.25, 0.3) is 0 Å². The van der Waals surface area contributed by atoms with Crippen LogP contribution in [0.5, 0.6) is 0 Å². The van der Waals surface area contributed by atoms with Crippen molar-refractivity contribution in [2.24, 2.45) is 0 Å². The van der Waals surface area contributed by atoms with Gasteiger partial charge in [0.05, 0.1) is 12.8 Å². The largest absolute Gasteiger partial charge is 0.392 e. The zero-order chi connectivity index (χ0) is 7.33. The van der Waals surface area contributed by atoms with Gasteiger partial charge in [-0.25, -0.2) is 0 Å². The van der Waals surface area contributed by atoms with Gasteiger partial charge in [-0.3, -0.25) is 4.57 Å². The highest BCUT2D eigenvalue weighted by molar-refractivity contribution is 7.51. The highest BCUT2D eigenvalue weighted by Crippen LogP contribution is 2.33. The summed E-state index contributed by atoms with van der Waals surface area (Å²) in [7, 11) is -3.89. The molecule has 0 spiro atoms. The van der Waals surface area contributed by atoms with Crippen LogP contribution in [0.2, 0.25) is 0 Å². The molecule has 0 aromatic carbocycles. The number of aliphatic hydroxyl groups excluding tert-OH is 1. The third kappa shape index (κ3) is 7.85. The van der Waals surface area contributed by atoms with Crippen LogP contribution in [0.1, 0.15) is 0 Å². The zero-order valence-electron chi connectivity index (χ0n) is 4.77. The summed E-state index contributed by atoms with van der Waals surface area (Å²) < 4.78 is 10.1. The van der Waals surface area contributed by atoms with E-state index in [9.17, 15) is 4.57 Å². The fraction of sp³-hybridized carbons (Fsp3) is 0.500. The Morgan fingerprint density at radius 3 is 2.22 bits per heavy atom. The van der Waals surface area contributed by atoms with E-state index in [-0.39, 0.29) is 12.8 Å². The van der Waals surface area contributed by atoms with E-state index in [2.05, 4.69) is 0 Å². The standard InChI is InChI=1S/C4H9O4P/c5-3-1-2-4-9(6,7)8/h1-2,5H,3-4H2,(H2,6,7,8)/b2-1+. The third-order valence-corrected chi connectivity index (χ3v) is 1.30. The van der Waals surface area contributed by atoms with E-state index in [0.29, 0.717) is 0 Å². The third-order valence-electron chi connectivity index (χ3n) is 0.615. The lowest BCUT2D eigenvalue weighted by Gasteiger charge is -1.95. The monoisotopic (exact) mass is 152 g/mol. The molecule has 0 fully saturated rings. The molecule has 0 aromatic heterocycles. The van der Waals surface area contributed by atoms with Crippen molar-refractivity contribution in [2.45, 2.75) is 0 Å². The van der Waals surface area contributed by atoms with Crippen LogP contribution < -0.4 is 0 Å². The molecule has 54 valence electrons. The minimum atomic E-state index is -3.89. The van der Waals surface area contributed by atoms with E-state index in [1.807, 2.05) is 0 Å². The molecule has 0 aliphatic heterocycles. The van der Waals surface area contributed by atoms with Gasteiger partial charge < -0.3 is 14.9 Å². The summed E-state index contributed by atoms with van der Waals surface area (Å²) in [5.41, 5.74) is 0.